The average Bonchev–Trinajstić information content (AvgIpc) is 3.28. The molecule has 0 aliphatic rings. The van der Waals surface area contributed by atoms with Crippen molar-refractivity contribution in [1.82, 2.24) is 10.3 Å². The first-order valence-electron chi connectivity index (χ1n) is 9.95. The number of ether oxygens (including phenoxy) is 1. The van der Waals surface area contributed by atoms with E-state index in [2.05, 4.69) is 15.6 Å². The standard InChI is InChI=1S/C22H23N3O7S/c1-12-9-16(27)20(30)21(32-12)14(13-3-4-15(26)17(10-13)31-2)11-19(29)23-6-5-18(28)25-22-24-7-8-33-22/h3-4,7-10,14,26,30H,5-6,11H2,1-2H3,(H,23,29)(H,24,25,28). The first-order valence-corrected chi connectivity index (χ1v) is 10.8. The maximum Gasteiger partial charge on any atom is 0.227 e. The van der Waals surface area contributed by atoms with Crippen LogP contribution in [0.4, 0.5) is 5.13 Å². The van der Waals surface area contributed by atoms with Crippen LogP contribution in [0.2, 0.25) is 0 Å². The van der Waals surface area contributed by atoms with Gasteiger partial charge in [0.05, 0.1) is 13.0 Å². The number of hydrogen-bond acceptors (Lipinski definition) is 9. The molecule has 0 aliphatic heterocycles. The van der Waals surface area contributed by atoms with E-state index in [4.69, 9.17) is 9.15 Å². The predicted molar refractivity (Wildman–Crippen MR) is 121 cm³/mol. The molecule has 0 bridgehead atoms. The second-order valence-electron chi connectivity index (χ2n) is 7.11. The number of nitrogens with zero attached hydrogens (tertiary/aromatic N) is 1. The smallest absolute Gasteiger partial charge is 0.227 e. The molecule has 11 heteroatoms. The van der Waals surface area contributed by atoms with Crippen LogP contribution < -0.4 is 20.8 Å². The van der Waals surface area contributed by atoms with Gasteiger partial charge in [0.25, 0.3) is 0 Å². The van der Waals surface area contributed by atoms with Crippen LogP contribution in [-0.2, 0) is 9.59 Å². The first kappa shape index (κ1) is 23.8. The molecule has 2 heterocycles. The Bertz CT molecular complexity index is 1190. The van der Waals surface area contributed by atoms with Crippen LogP contribution in [0.15, 0.2) is 45.1 Å². The van der Waals surface area contributed by atoms with Crippen molar-refractivity contribution >= 4 is 28.3 Å². The summed E-state index contributed by atoms with van der Waals surface area (Å²) in [6.45, 7) is 1.63. The molecule has 0 aliphatic carbocycles. The van der Waals surface area contributed by atoms with Crippen LogP contribution in [0.5, 0.6) is 17.2 Å². The Kier molecular flexibility index (Phi) is 7.67. The van der Waals surface area contributed by atoms with E-state index in [-0.39, 0.29) is 48.3 Å². The third-order valence-corrected chi connectivity index (χ3v) is 5.43. The zero-order valence-electron chi connectivity index (χ0n) is 18.0. The Balaban J connectivity index is 1.76. The number of carbonyl (C=O) groups is 2. The summed E-state index contributed by atoms with van der Waals surface area (Å²) in [4.78, 5) is 40.7. The number of nitrogens with one attached hydrogen (secondary N) is 2. The summed E-state index contributed by atoms with van der Waals surface area (Å²) in [5.41, 5.74) is -0.158. The van der Waals surface area contributed by atoms with Crippen LogP contribution in [0.1, 0.15) is 35.8 Å². The lowest BCUT2D eigenvalue weighted by Crippen LogP contribution is -2.29. The molecule has 3 rings (SSSR count). The fourth-order valence-corrected chi connectivity index (χ4v) is 3.72. The highest BCUT2D eigenvalue weighted by Crippen LogP contribution is 2.37. The topological polar surface area (TPSA) is 151 Å². The third-order valence-electron chi connectivity index (χ3n) is 4.74. The van der Waals surface area contributed by atoms with Gasteiger partial charge < -0.3 is 30.0 Å². The number of amides is 2. The van der Waals surface area contributed by atoms with Crippen molar-refractivity contribution < 1.29 is 29.0 Å². The number of aromatic hydroxyl groups is 2. The molecule has 2 aromatic heterocycles. The number of aromatic nitrogens is 1. The molecule has 0 radical (unpaired) electrons. The van der Waals surface area contributed by atoms with Crippen molar-refractivity contribution in [2.75, 3.05) is 19.0 Å². The fraction of sp³-hybridized carbons (Fsp3) is 0.273. The molecule has 33 heavy (non-hydrogen) atoms. The lowest BCUT2D eigenvalue weighted by molar-refractivity contribution is -0.121. The summed E-state index contributed by atoms with van der Waals surface area (Å²) in [7, 11) is 1.38. The van der Waals surface area contributed by atoms with Crippen molar-refractivity contribution in [1.29, 1.82) is 0 Å². The van der Waals surface area contributed by atoms with E-state index in [0.717, 1.165) is 6.07 Å². The Hall–Kier alpha value is -3.86. The van der Waals surface area contributed by atoms with Gasteiger partial charge in [0.2, 0.25) is 23.0 Å². The molecule has 174 valence electrons. The zero-order valence-corrected chi connectivity index (χ0v) is 18.8. The van der Waals surface area contributed by atoms with Gasteiger partial charge in [0.15, 0.2) is 22.4 Å². The molecule has 3 aromatic rings. The number of phenolic OH excluding ortho intramolecular Hbond substituents is 1. The number of benzene rings is 1. The monoisotopic (exact) mass is 473 g/mol. The highest BCUT2D eigenvalue weighted by molar-refractivity contribution is 7.13. The molecule has 2 amide bonds. The highest BCUT2D eigenvalue weighted by Gasteiger charge is 2.26. The van der Waals surface area contributed by atoms with Gasteiger partial charge in [-0.15, -0.1) is 11.3 Å². The molecule has 0 fully saturated rings. The second kappa shape index (κ2) is 10.6. The number of thiazole rings is 1. The van der Waals surface area contributed by atoms with E-state index in [1.165, 1.54) is 30.6 Å². The van der Waals surface area contributed by atoms with Gasteiger partial charge in [-0.1, -0.05) is 6.07 Å². The number of carbonyl (C=O) groups excluding carboxylic acids is 2. The highest BCUT2D eigenvalue weighted by atomic mass is 32.1. The summed E-state index contributed by atoms with van der Waals surface area (Å²) in [5.74, 6) is -1.95. The number of aryl methyl sites for hydroxylation is 1. The minimum absolute atomic E-state index is 0.0355. The van der Waals surface area contributed by atoms with Gasteiger partial charge in [-0.2, -0.15) is 0 Å². The molecule has 1 atom stereocenters. The maximum atomic E-state index is 12.7. The molecule has 1 unspecified atom stereocenters. The third kappa shape index (κ3) is 6.10. The van der Waals surface area contributed by atoms with Crippen molar-refractivity contribution in [2.24, 2.45) is 0 Å². The first-order chi connectivity index (χ1) is 15.8. The van der Waals surface area contributed by atoms with Gasteiger partial charge in [-0.05, 0) is 24.6 Å². The van der Waals surface area contributed by atoms with Crippen molar-refractivity contribution in [3.05, 3.63) is 63.1 Å². The summed E-state index contributed by atoms with van der Waals surface area (Å²) >= 11 is 1.28. The Morgan fingerprint density at radius 1 is 1.24 bits per heavy atom. The van der Waals surface area contributed by atoms with Crippen LogP contribution in [-0.4, -0.2) is 40.7 Å². The van der Waals surface area contributed by atoms with E-state index >= 15 is 0 Å². The van der Waals surface area contributed by atoms with Gasteiger partial charge in [-0.3, -0.25) is 14.4 Å². The van der Waals surface area contributed by atoms with E-state index in [1.54, 1.807) is 24.6 Å². The maximum absolute atomic E-state index is 12.7. The van der Waals surface area contributed by atoms with E-state index in [1.807, 2.05) is 0 Å². The van der Waals surface area contributed by atoms with Crippen molar-refractivity contribution in [3.8, 4) is 17.2 Å². The van der Waals surface area contributed by atoms with E-state index in [9.17, 15) is 24.6 Å². The molecular formula is C22H23N3O7S. The summed E-state index contributed by atoms with van der Waals surface area (Å²) in [5, 5.41) is 27.7. The van der Waals surface area contributed by atoms with Gasteiger partial charge in [0.1, 0.15) is 5.76 Å². The molecule has 10 nitrogen and oxygen atoms in total. The average molecular weight is 474 g/mol. The van der Waals surface area contributed by atoms with Gasteiger partial charge >= 0.3 is 0 Å². The largest absolute Gasteiger partial charge is 0.504 e. The Labute approximate surface area is 192 Å². The van der Waals surface area contributed by atoms with Crippen molar-refractivity contribution in [3.63, 3.8) is 0 Å². The number of anilines is 1. The minimum Gasteiger partial charge on any atom is -0.504 e. The molecule has 0 saturated heterocycles. The molecule has 0 saturated carbocycles. The van der Waals surface area contributed by atoms with Crippen LogP contribution >= 0.6 is 11.3 Å². The summed E-state index contributed by atoms with van der Waals surface area (Å²) in [6, 6.07) is 5.57. The van der Waals surface area contributed by atoms with Gasteiger partial charge in [-0.25, -0.2) is 4.98 Å². The Morgan fingerprint density at radius 2 is 2.03 bits per heavy atom. The van der Waals surface area contributed by atoms with Gasteiger partial charge in [0, 0.05) is 37.0 Å². The molecular weight excluding hydrogens is 450 g/mol. The fourth-order valence-electron chi connectivity index (χ4n) is 3.17. The van der Waals surface area contributed by atoms with Crippen LogP contribution in [0.3, 0.4) is 0 Å². The molecule has 0 spiro atoms. The summed E-state index contributed by atoms with van der Waals surface area (Å²) < 4.78 is 10.7. The number of rotatable bonds is 9. The summed E-state index contributed by atoms with van der Waals surface area (Å²) in [6.07, 6.45) is 1.41. The zero-order chi connectivity index (χ0) is 24.0. The minimum atomic E-state index is -0.851. The molecule has 1 aromatic carbocycles. The number of phenols is 1. The second-order valence-corrected chi connectivity index (χ2v) is 8.00. The molecule has 4 N–H and O–H groups in total. The lowest BCUT2D eigenvalue weighted by atomic mass is 9.91. The van der Waals surface area contributed by atoms with E-state index < -0.39 is 23.0 Å². The van der Waals surface area contributed by atoms with Crippen LogP contribution in [0, 0.1) is 6.92 Å². The van der Waals surface area contributed by atoms with Crippen molar-refractivity contribution in [2.45, 2.75) is 25.7 Å². The number of hydrogen-bond donors (Lipinski definition) is 4. The Morgan fingerprint density at radius 3 is 2.73 bits per heavy atom. The normalized spacial score (nSPS) is 11.6. The van der Waals surface area contributed by atoms with E-state index in [0.29, 0.717) is 10.7 Å². The predicted octanol–water partition coefficient (Wildman–Crippen LogP) is 2.49. The lowest BCUT2D eigenvalue weighted by Gasteiger charge is -2.19. The van der Waals surface area contributed by atoms with Crippen LogP contribution in [0.25, 0.3) is 0 Å². The SMILES string of the molecule is COc1cc(C(CC(=O)NCCC(=O)Nc2nccs2)c2oc(C)cc(=O)c2O)ccc1O. The number of methoxy groups -OCH3 is 1. The quantitative estimate of drug-likeness (QED) is 0.370.